The minimum absolute atomic E-state index is 0.848. The molecule has 2 nitrogen and oxygen atoms in total. The third-order valence-electron chi connectivity index (χ3n) is 8.71. The smallest absolute Gasteiger partial charge is 0.135 e. The summed E-state index contributed by atoms with van der Waals surface area (Å²) in [5, 5.41) is 4.81. The highest BCUT2D eigenvalue weighted by Crippen LogP contribution is 2.48. The summed E-state index contributed by atoms with van der Waals surface area (Å²) in [6.45, 7) is 0. The Labute approximate surface area is 255 Å². The van der Waals surface area contributed by atoms with Crippen molar-refractivity contribution in [2.75, 3.05) is 0 Å². The van der Waals surface area contributed by atoms with E-state index < -0.39 is 0 Å². The van der Waals surface area contributed by atoms with E-state index in [1.807, 2.05) is 24.3 Å². The number of furan rings is 1. The summed E-state index contributed by atoms with van der Waals surface area (Å²) >= 11 is 0. The molecule has 7 aromatic carbocycles. The van der Waals surface area contributed by atoms with Gasteiger partial charge in [-0.15, -0.1) is 0 Å². The third-order valence-corrected chi connectivity index (χ3v) is 8.71. The summed E-state index contributed by atoms with van der Waals surface area (Å²) in [5.74, 6) is 3.48. The summed E-state index contributed by atoms with van der Waals surface area (Å²) in [6.07, 6.45) is 0. The molecule has 0 N–H and O–H groups in total. The largest absolute Gasteiger partial charge is 0.456 e. The third kappa shape index (κ3) is 4.04. The van der Waals surface area contributed by atoms with Gasteiger partial charge in [-0.3, -0.25) is 0 Å². The molecular formula is C42H26O2. The lowest BCUT2D eigenvalue weighted by atomic mass is 9.92. The minimum atomic E-state index is 0.848. The average molecular weight is 563 g/mol. The van der Waals surface area contributed by atoms with Crippen LogP contribution in [0.2, 0.25) is 0 Å². The maximum atomic E-state index is 6.45. The lowest BCUT2D eigenvalue weighted by molar-refractivity contribution is 0.487. The molecule has 1 aromatic heterocycles. The van der Waals surface area contributed by atoms with Crippen molar-refractivity contribution in [2.24, 2.45) is 0 Å². The fraction of sp³-hybridized carbons (Fsp3) is 0. The van der Waals surface area contributed by atoms with Crippen LogP contribution >= 0.6 is 0 Å². The molecule has 0 fully saturated rings. The first-order valence-electron chi connectivity index (χ1n) is 14.9. The van der Waals surface area contributed by atoms with Gasteiger partial charge in [0.25, 0.3) is 0 Å². The Bertz CT molecular complexity index is 2340. The topological polar surface area (TPSA) is 22.4 Å². The molecule has 0 atom stereocenters. The number of benzene rings is 7. The van der Waals surface area contributed by atoms with E-state index in [-0.39, 0.29) is 0 Å². The van der Waals surface area contributed by atoms with Gasteiger partial charge in [0.1, 0.15) is 23.0 Å². The van der Waals surface area contributed by atoms with Crippen LogP contribution in [0, 0.1) is 0 Å². The first-order valence-corrected chi connectivity index (χ1v) is 14.9. The summed E-state index contributed by atoms with van der Waals surface area (Å²) in [7, 11) is 0. The Kier molecular flexibility index (Phi) is 5.54. The maximum absolute atomic E-state index is 6.45. The second-order valence-corrected chi connectivity index (χ2v) is 11.3. The van der Waals surface area contributed by atoms with Crippen LogP contribution in [0.5, 0.6) is 11.5 Å². The van der Waals surface area contributed by atoms with E-state index in [1.165, 1.54) is 38.6 Å². The van der Waals surface area contributed by atoms with Gasteiger partial charge in [0, 0.05) is 22.1 Å². The molecule has 206 valence electrons. The molecule has 9 rings (SSSR count). The molecule has 2 heterocycles. The molecule has 0 spiro atoms. The van der Waals surface area contributed by atoms with Crippen LogP contribution in [-0.4, -0.2) is 0 Å². The Morgan fingerprint density at radius 2 is 0.932 bits per heavy atom. The van der Waals surface area contributed by atoms with Gasteiger partial charge in [-0.25, -0.2) is 0 Å². The predicted molar refractivity (Wildman–Crippen MR) is 181 cm³/mol. The molecule has 44 heavy (non-hydrogen) atoms. The van der Waals surface area contributed by atoms with Crippen molar-refractivity contribution >= 4 is 21.5 Å². The van der Waals surface area contributed by atoms with E-state index in [0.29, 0.717) is 0 Å². The Balaban J connectivity index is 1.01. The monoisotopic (exact) mass is 562 g/mol. The lowest BCUT2D eigenvalue weighted by Gasteiger charge is -2.21. The Hall–Kier alpha value is -5.86. The SMILES string of the molecule is c1ccc2c(c1)Oc1cccc3cc(-c4ccc(-c5ccc(-c6ccc(-c7cccc8ccccc78)cc6)cc5)o4)cc-2c13. The molecule has 0 radical (unpaired) electrons. The van der Waals surface area contributed by atoms with Crippen LogP contribution in [0.3, 0.4) is 0 Å². The maximum Gasteiger partial charge on any atom is 0.135 e. The van der Waals surface area contributed by atoms with Gasteiger partial charge in [-0.1, -0.05) is 121 Å². The van der Waals surface area contributed by atoms with Gasteiger partial charge >= 0.3 is 0 Å². The summed E-state index contributed by atoms with van der Waals surface area (Å²) < 4.78 is 12.7. The molecule has 0 saturated carbocycles. The molecule has 1 aliphatic rings. The molecule has 0 amide bonds. The van der Waals surface area contributed by atoms with Crippen molar-refractivity contribution < 1.29 is 9.15 Å². The highest BCUT2D eigenvalue weighted by Gasteiger charge is 2.21. The fourth-order valence-electron chi connectivity index (χ4n) is 6.52. The zero-order chi connectivity index (χ0) is 29.0. The standard InChI is InChI=1S/C42H26O2/c1-2-10-34-29(7-1)8-5-12-35(34)30-19-15-27(16-20-30)28-17-21-31(22-18-28)38-23-24-39(43-38)33-25-32-9-6-14-41-42(32)37(26-33)36-11-3-4-13-40(36)44-41/h1-26H. The summed E-state index contributed by atoms with van der Waals surface area (Å²) in [6, 6.07) is 55.5. The van der Waals surface area contributed by atoms with Crippen LogP contribution in [0.15, 0.2) is 162 Å². The second-order valence-electron chi connectivity index (χ2n) is 11.3. The van der Waals surface area contributed by atoms with Gasteiger partial charge in [0.05, 0.1) is 0 Å². The van der Waals surface area contributed by atoms with Gasteiger partial charge in [0.15, 0.2) is 0 Å². The van der Waals surface area contributed by atoms with E-state index in [0.717, 1.165) is 50.5 Å². The highest BCUT2D eigenvalue weighted by atomic mass is 16.5. The number of hydrogen-bond donors (Lipinski definition) is 0. The van der Waals surface area contributed by atoms with Crippen LogP contribution in [-0.2, 0) is 0 Å². The highest BCUT2D eigenvalue weighted by molar-refractivity contribution is 6.06. The lowest BCUT2D eigenvalue weighted by Crippen LogP contribution is -1.97. The summed E-state index contributed by atoms with van der Waals surface area (Å²) in [4.78, 5) is 0. The van der Waals surface area contributed by atoms with Crippen molar-refractivity contribution in [1.29, 1.82) is 0 Å². The van der Waals surface area contributed by atoms with E-state index in [9.17, 15) is 0 Å². The van der Waals surface area contributed by atoms with Crippen LogP contribution in [0.4, 0.5) is 0 Å². The van der Waals surface area contributed by atoms with Crippen molar-refractivity contribution in [1.82, 2.24) is 0 Å². The van der Waals surface area contributed by atoms with Crippen molar-refractivity contribution in [3.05, 3.63) is 158 Å². The Morgan fingerprint density at radius 1 is 0.341 bits per heavy atom. The van der Waals surface area contributed by atoms with E-state index in [1.54, 1.807) is 0 Å². The molecule has 0 unspecified atom stereocenters. The van der Waals surface area contributed by atoms with Crippen molar-refractivity contribution in [2.45, 2.75) is 0 Å². The molecule has 0 aliphatic carbocycles. The zero-order valence-electron chi connectivity index (χ0n) is 23.8. The van der Waals surface area contributed by atoms with Crippen molar-refractivity contribution in [3.63, 3.8) is 0 Å². The normalized spacial score (nSPS) is 11.8. The molecule has 1 aliphatic heterocycles. The Morgan fingerprint density at radius 3 is 1.77 bits per heavy atom. The van der Waals surface area contributed by atoms with Gasteiger partial charge in [-0.05, 0) is 80.4 Å². The summed E-state index contributed by atoms with van der Waals surface area (Å²) in [5.41, 5.74) is 9.22. The first-order chi connectivity index (χ1) is 21.8. The van der Waals surface area contributed by atoms with Gasteiger partial charge < -0.3 is 9.15 Å². The van der Waals surface area contributed by atoms with Crippen LogP contribution < -0.4 is 4.74 Å². The molecule has 2 heteroatoms. The fourth-order valence-corrected chi connectivity index (χ4v) is 6.52. The molecular weight excluding hydrogens is 536 g/mol. The van der Waals surface area contributed by atoms with E-state index in [4.69, 9.17) is 9.15 Å². The minimum Gasteiger partial charge on any atom is -0.456 e. The molecule has 0 saturated heterocycles. The number of hydrogen-bond acceptors (Lipinski definition) is 2. The number of rotatable bonds is 4. The van der Waals surface area contributed by atoms with E-state index in [2.05, 4.69) is 133 Å². The number of ether oxygens (including phenoxy) is 1. The molecule has 8 aromatic rings. The van der Waals surface area contributed by atoms with Crippen LogP contribution in [0.1, 0.15) is 0 Å². The molecule has 0 bridgehead atoms. The number of fused-ring (bicyclic) bond motifs is 3. The quantitative estimate of drug-likeness (QED) is 0.213. The average Bonchev–Trinajstić information content (AvgIpc) is 3.59. The van der Waals surface area contributed by atoms with E-state index >= 15 is 0 Å². The predicted octanol–water partition coefficient (Wildman–Crippen LogP) is 12.0. The first kappa shape index (κ1) is 24.7. The van der Waals surface area contributed by atoms with Crippen molar-refractivity contribution in [3.8, 4) is 67.5 Å². The van der Waals surface area contributed by atoms with Gasteiger partial charge in [0.2, 0.25) is 0 Å². The second kappa shape index (κ2) is 9.86. The van der Waals surface area contributed by atoms with Gasteiger partial charge in [-0.2, -0.15) is 0 Å². The number of para-hydroxylation sites is 1. The zero-order valence-corrected chi connectivity index (χ0v) is 23.8. The van der Waals surface area contributed by atoms with Crippen LogP contribution in [0.25, 0.3) is 77.6 Å².